The number of nitriles is 2. The zero-order valence-electron chi connectivity index (χ0n) is 27.3. The average Bonchev–Trinajstić information content (AvgIpc) is 3.41. The van der Waals surface area contributed by atoms with Crippen LogP contribution in [0, 0.1) is 35.5 Å². The number of benzene rings is 2. The van der Waals surface area contributed by atoms with Crippen LogP contribution in [0.3, 0.4) is 0 Å². The fourth-order valence-electron chi connectivity index (χ4n) is 7.47. The van der Waals surface area contributed by atoms with Gasteiger partial charge in [0.2, 0.25) is 11.8 Å². The van der Waals surface area contributed by atoms with Gasteiger partial charge in [-0.1, -0.05) is 43.8 Å². The van der Waals surface area contributed by atoms with E-state index in [0.29, 0.717) is 70.2 Å². The van der Waals surface area contributed by atoms with Gasteiger partial charge in [0.15, 0.2) is 0 Å². The number of aryl methyl sites for hydroxylation is 1. The number of ether oxygens (including phenoxy) is 1. The molecule has 0 unspecified atom stereocenters. The Hall–Kier alpha value is -4.67. The predicted octanol–water partition coefficient (Wildman–Crippen LogP) is 5.15. The van der Waals surface area contributed by atoms with E-state index in [1.165, 1.54) is 22.4 Å². The maximum atomic E-state index is 14.1. The van der Waals surface area contributed by atoms with E-state index in [1.54, 1.807) is 4.90 Å². The highest BCUT2D eigenvalue weighted by Crippen LogP contribution is 2.40. The molecule has 2 fully saturated rings. The van der Waals surface area contributed by atoms with E-state index < -0.39 is 6.17 Å². The number of nitrogens with zero attached hydrogens (tertiary/aromatic N) is 7. The Balaban J connectivity index is 1.33. The lowest BCUT2D eigenvalue weighted by atomic mass is 9.95. The van der Waals surface area contributed by atoms with Crippen LogP contribution < -0.4 is 14.5 Å². The number of rotatable bonds is 9. The van der Waals surface area contributed by atoms with Crippen molar-refractivity contribution < 1.29 is 13.9 Å². The zero-order valence-corrected chi connectivity index (χ0v) is 27.3. The summed E-state index contributed by atoms with van der Waals surface area (Å²) < 4.78 is 20.4. The van der Waals surface area contributed by atoms with E-state index >= 15 is 0 Å². The normalized spacial score (nSPS) is 21.3. The van der Waals surface area contributed by atoms with Gasteiger partial charge >= 0.3 is 0 Å². The van der Waals surface area contributed by atoms with E-state index in [4.69, 9.17) is 9.72 Å². The molecule has 3 aromatic rings. The summed E-state index contributed by atoms with van der Waals surface area (Å²) in [5, 5.41) is 22.6. The number of halogens is 1. The standard InChI is InChI=1S/C37H42FN7O2/c1-4-34(46)45-18-17-44(22-28(45)12-14-39)36-29-13-16-43(33-11-6-10-27-9-5-8-25(2)35(27)33)24-32(29)41-37(30(36)20-40)47-19-7-15-42-21-26(3)31(38)23-42/h4-6,8-11,26,28,31H,1,7,12-13,15-19,21-24H2,2-3H3/t26-,28-,31+/m0/s1. The number of hydrogen-bond acceptors (Lipinski definition) is 8. The highest BCUT2D eigenvalue weighted by atomic mass is 19.1. The van der Waals surface area contributed by atoms with Gasteiger partial charge in [0, 0.05) is 68.4 Å². The number of carbonyl (C=O) groups is 1. The van der Waals surface area contributed by atoms with E-state index in [2.05, 4.69) is 76.7 Å². The van der Waals surface area contributed by atoms with Crippen molar-refractivity contribution in [3.63, 3.8) is 0 Å². The minimum absolute atomic E-state index is 0.0338. The fourth-order valence-corrected chi connectivity index (χ4v) is 7.47. The summed E-state index contributed by atoms with van der Waals surface area (Å²) in [4.78, 5) is 26.0. The van der Waals surface area contributed by atoms with Crippen molar-refractivity contribution in [2.24, 2.45) is 5.92 Å². The second-order valence-corrected chi connectivity index (χ2v) is 13.0. The van der Waals surface area contributed by atoms with Crippen LogP contribution in [0.4, 0.5) is 15.8 Å². The van der Waals surface area contributed by atoms with Crippen LogP contribution >= 0.6 is 0 Å². The van der Waals surface area contributed by atoms with Crippen molar-refractivity contribution in [3.8, 4) is 18.0 Å². The van der Waals surface area contributed by atoms with Gasteiger partial charge in [0.25, 0.3) is 0 Å². The molecular weight excluding hydrogens is 593 g/mol. The van der Waals surface area contributed by atoms with Crippen LogP contribution in [-0.2, 0) is 17.8 Å². The van der Waals surface area contributed by atoms with E-state index in [1.807, 2.05) is 6.92 Å². The van der Waals surface area contributed by atoms with Gasteiger partial charge in [-0.15, -0.1) is 0 Å². The maximum Gasteiger partial charge on any atom is 0.246 e. The molecule has 0 saturated carbocycles. The first-order valence-corrected chi connectivity index (χ1v) is 16.6. The number of hydrogen-bond donors (Lipinski definition) is 0. The number of anilines is 2. The summed E-state index contributed by atoms with van der Waals surface area (Å²) in [5.41, 5.74) is 5.42. The highest BCUT2D eigenvalue weighted by Gasteiger charge is 2.35. The molecule has 2 aromatic carbocycles. The number of pyridine rings is 1. The first kappa shape index (κ1) is 32.3. The van der Waals surface area contributed by atoms with Crippen LogP contribution in [0.5, 0.6) is 5.88 Å². The Kier molecular flexibility index (Phi) is 9.60. The SMILES string of the molecule is C=CC(=O)N1CCN(c2c(C#N)c(OCCCN3C[C@@H](F)[C@@H](C)C3)nc3c2CCN(c2cccc4cccc(C)c24)C3)C[C@@H]1CC#N. The lowest BCUT2D eigenvalue weighted by Gasteiger charge is -2.43. The number of fused-ring (bicyclic) bond motifs is 2. The number of alkyl halides is 1. The minimum atomic E-state index is -0.799. The Morgan fingerprint density at radius 2 is 1.94 bits per heavy atom. The van der Waals surface area contributed by atoms with Crippen LogP contribution in [0.2, 0.25) is 0 Å². The number of carbonyl (C=O) groups excluding carboxylic acids is 1. The van der Waals surface area contributed by atoms with E-state index in [-0.39, 0.29) is 24.3 Å². The molecular formula is C37H42FN7O2. The quantitative estimate of drug-likeness (QED) is 0.235. The Morgan fingerprint density at radius 1 is 1.13 bits per heavy atom. The third-order valence-corrected chi connectivity index (χ3v) is 9.87. The van der Waals surface area contributed by atoms with Crippen molar-refractivity contribution >= 4 is 28.1 Å². The molecule has 47 heavy (non-hydrogen) atoms. The smallest absolute Gasteiger partial charge is 0.246 e. The van der Waals surface area contributed by atoms with Crippen LogP contribution in [-0.4, -0.2) is 85.3 Å². The van der Waals surface area contributed by atoms with Crippen LogP contribution in [0.1, 0.15) is 42.1 Å². The van der Waals surface area contributed by atoms with Crippen molar-refractivity contribution in [2.75, 3.05) is 62.2 Å². The summed E-state index contributed by atoms with van der Waals surface area (Å²) in [7, 11) is 0. The molecule has 1 amide bonds. The van der Waals surface area contributed by atoms with E-state index in [9.17, 15) is 19.7 Å². The van der Waals surface area contributed by atoms with Crippen molar-refractivity contribution in [1.82, 2.24) is 14.8 Å². The van der Waals surface area contributed by atoms with Gasteiger partial charge in [-0.2, -0.15) is 10.5 Å². The molecule has 10 heteroatoms. The molecule has 0 N–H and O–H groups in total. The Labute approximate surface area is 276 Å². The van der Waals surface area contributed by atoms with Gasteiger partial charge in [-0.3, -0.25) is 9.69 Å². The lowest BCUT2D eigenvalue weighted by Crippen LogP contribution is -2.55. The Morgan fingerprint density at radius 3 is 2.66 bits per heavy atom. The van der Waals surface area contributed by atoms with Gasteiger partial charge < -0.3 is 19.4 Å². The van der Waals surface area contributed by atoms with Gasteiger partial charge in [-0.05, 0) is 42.9 Å². The van der Waals surface area contributed by atoms with Gasteiger partial charge in [0.1, 0.15) is 17.8 Å². The molecule has 0 aliphatic carbocycles. The molecule has 0 radical (unpaired) electrons. The minimum Gasteiger partial charge on any atom is -0.477 e. The average molecular weight is 636 g/mol. The predicted molar refractivity (Wildman–Crippen MR) is 181 cm³/mol. The lowest BCUT2D eigenvalue weighted by molar-refractivity contribution is -0.128. The largest absolute Gasteiger partial charge is 0.477 e. The summed E-state index contributed by atoms with van der Waals surface area (Å²) in [6.45, 7) is 12.6. The molecule has 9 nitrogen and oxygen atoms in total. The molecule has 6 rings (SSSR count). The highest BCUT2D eigenvalue weighted by molar-refractivity contribution is 5.97. The molecule has 1 aromatic heterocycles. The van der Waals surface area contributed by atoms with Crippen LogP contribution in [0.15, 0.2) is 49.1 Å². The van der Waals surface area contributed by atoms with Crippen molar-refractivity contribution in [1.29, 1.82) is 10.5 Å². The van der Waals surface area contributed by atoms with Gasteiger partial charge in [0.05, 0.1) is 43.1 Å². The molecule has 0 bridgehead atoms. The molecule has 0 spiro atoms. The van der Waals surface area contributed by atoms with Gasteiger partial charge in [-0.25, -0.2) is 9.37 Å². The zero-order chi connectivity index (χ0) is 33.1. The molecule has 3 atom stereocenters. The number of likely N-dealkylation sites (tertiary alicyclic amines) is 1. The molecule has 2 saturated heterocycles. The topological polar surface area (TPSA) is 99.7 Å². The number of amides is 1. The summed E-state index contributed by atoms with van der Waals surface area (Å²) in [6.07, 6.45) is 2.04. The summed E-state index contributed by atoms with van der Waals surface area (Å²) >= 11 is 0. The first-order valence-electron chi connectivity index (χ1n) is 16.6. The van der Waals surface area contributed by atoms with E-state index in [0.717, 1.165) is 35.7 Å². The Bertz CT molecular complexity index is 1730. The maximum absolute atomic E-state index is 14.1. The molecule has 3 aliphatic rings. The van der Waals surface area contributed by atoms with Crippen molar-refractivity contribution in [3.05, 3.63) is 71.4 Å². The second kappa shape index (κ2) is 14.0. The summed E-state index contributed by atoms with van der Waals surface area (Å²) in [5.74, 6) is 0.141. The monoisotopic (exact) mass is 635 g/mol. The third kappa shape index (κ3) is 6.48. The number of piperazine rings is 1. The second-order valence-electron chi connectivity index (χ2n) is 13.0. The third-order valence-electron chi connectivity index (χ3n) is 9.87. The fraction of sp³-hybridized carbons (Fsp3) is 0.459. The first-order chi connectivity index (χ1) is 22.8. The molecule has 4 heterocycles. The number of aromatic nitrogens is 1. The van der Waals surface area contributed by atoms with Crippen LogP contribution in [0.25, 0.3) is 10.8 Å². The molecule has 3 aliphatic heterocycles. The summed E-state index contributed by atoms with van der Waals surface area (Å²) in [6, 6.07) is 17.0. The molecule has 244 valence electrons. The van der Waals surface area contributed by atoms with Crippen molar-refractivity contribution in [2.45, 2.75) is 51.9 Å².